The fourth-order valence-electron chi connectivity index (χ4n) is 5.58. The van der Waals surface area contributed by atoms with Crippen molar-refractivity contribution >= 4 is 64.6 Å². The maximum absolute atomic E-state index is 13.3. The zero-order valence-corrected chi connectivity index (χ0v) is 31.7. The van der Waals surface area contributed by atoms with Crippen LogP contribution in [0.4, 0.5) is 22.7 Å². The molecule has 0 fully saturated rings. The van der Waals surface area contributed by atoms with Crippen LogP contribution in [0.1, 0.15) is 61.2 Å². The molecule has 0 saturated carbocycles. The Morgan fingerprint density at radius 1 is 0.545 bits per heavy atom. The summed E-state index contributed by atoms with van der Waals surface area (Å²) in [6.07, 6.45) is 7.86. The fraction of sp³-hybridized carbons (Fsp3) is 0.361. The van der Waals surface area contributed by atoms with Crippen LogP contribution in [0.5, 0.6) is 0 Å². The first-order valence-corrected chi connectivity index (χ1v) is 17.4. The fourth-order valence-corrected chi connectivity index (χ4v) is 5.58. The van der Waals surface area contributed by atoms with E-state index in [1.165, 1.54) is 28.8 Å². The Labute approximate surface area is 317 Å². The average molecular weight is 761 g/mol. The molecule has 0 aliphatic rings. The van der Waals surface area contributed by atoms with E-state index in [9.17, 15) is 33.6 Å². The van der Waals surface area contributed by atoms with Crippen molar-refractivity contribution in [3.05, 3.63) is 71.8 Å². The summed E-state index contributed by atoms with van der Waals surface area (Å²) in [6.45, 7) is 1.76. The predicted octanol–water partition coefficient (Wildman–Crippen LogP) is 1.06. The van der Waals surface area contributed by atoms with Crippen molar-refractivity contribution in [1.29, 1.82) is 0 Å². The highest BCUT2D eigenvalue weighted by molar-refractivity contribution is 6.09. The molecule has 4 aromatic heterocycles. The highest BCUT2D eigenvalue weighted by Gasteiger charge is 2.20. The van der Waals surface area contributed by atoms with E-state index in [-0.39, 0.29) is 60.5 Å². The maximum Gasteiger partial charge on any atom is 0.272 e. The molecule has 7 N–H and O–H groups in total. The molecule has 4 aromatic rings. The van der Waals surface area contributed by atoms with Gasteiger partial charge in [-0.25, -0.2) is 0 Å². The quantitative estimate of drug-likeness (QED) is 0.0539. The van der Waals surface area contributed by atoms with E-state index < -0.39 is 23.6 Å². The molecule has 7 amide bonds. The molecule has 0 aliphatic carbocycles. The van der Waals surface area contributed by atoms with Crippen molar-refractivity contribution in [2.24, 2.45) is 28.2 Å². The third-order valence-corrected chi connectivity index (χ3v) is 8.33. The summed E-state index contributed by atoms with van der Waals surface area (Å²) in [5.41, 5.74) is 2.49. The molecule has 55 heavy (non-hydrogen) atoms. The molecular weight excluding hydrogens is 712 g/mol. The molecule has 0 spiro atoms. The average Bonchev–Trinajstić information content (AvgIpc) is 3.87. The van der Waals surface area contributed by atoms with Crippen LogP contribution < -0.4 is 37.2 Å². The zero-order valence-electron chi connectivity index (χ0n) is 31.7. The number of amides is 7. The second-order valence-electron chi connectivity index (χ2n) is 13.1. The number of hydrogen-bond acceptors (Lipinski definition) is 8. The van der Waals surface area contributed by atoms with Gasteiger partial charge in [-0.05, 0) is 51.3 Å². The second-order valence-corrected chi connectivity index (χ2v) is 13.1. The zero-order chi connectivity index (χ0) is 40.2. The van der Waals surface area contributed by atoms with Crippen LogP contribution in [0, 0.1) is 0 Å². The summed E-state index contributed by atoms with van der Waals surface area (Å²) in [5.74, 6) is -2.32. The lowest BCUT2D eigenvalue weighted by Gasteiger charge is -2.10. The van der Waals surface area contributed by atoms with Crippen molar-refractivity contribution in [3.63, 3.8) is 0 Å². The van der Waals surface area contributed by atoms with Gasteiger partial charge in [0.15, 0.2) is 0 Å². The molecule has 4 heterocycles. The van der Waals surface area contributed by atoms with Gasteiger partial charge in [0.25, 0.3) is 23.6 Å². The Bertz CT molecular complexity index is 2050. The molecule has 19 nitrogen and oxygen atoms in total. The maximum atomic E-state index is 13.3. The van der Waals surface area contributed by atoms with Gasteiger partial charge < -0.3 is 60.4 Å². The first-order chi connectivity index (χ1) is 26.1. The molecule has 0 unspecified atom stereocenters. The lowest BCUT2D eigenvalue weighted by Crippen LogP contribution is -2.32. The van der Waals surface area contributed by atoms with Crippen molar-refractivity contribution in [2.75, 3.05) is 61.5 Å². The van der Waals surface area contributed by atoms with E-state index in [1.54, 1.807) is 66.7 Å². The van der Waals surface area contributed by atoms with Crippen LogP contribution in [0.2, 0.25) is 0 Å². The standard InChI is InChI=1S/C36H48N12O7/c1-44(2)13-7-10-38-31(50)9-12-39-33(52)27-15-24(19-45(27)3)41-35(54)29-17-26(21-47(29)5)43-36(55)30-16-25(20-48(30)6)42-34(53)28-14-23(18-46(28)4)40-32(51)8-11-37-22-49/h14-22H,7-13H2,1-6H3,(H,37,49)(H,38,50)(H,39,52)(H,40,51)(H,41,54)(H,42,53)(H,43,55). The molecule has 0 bridgehead atoms. The normalized spacial score (nSPS) is 10.8. The Morgan fingerprint density at radius 3 is 1.36 bits per heavy atom. The smallest absolute Gasteiger partial charge is 0.272 e. The van der Waals surface area contributed by atoms with E-state index in [4.69, 9.17) is 0 Å². The minimum Gasteiger partial charge on any atom is -0.358 e. The Balaban J connectivity index is 1.30. The molecular formula is C36H48N12O7. The number of nitrogens with zero attached hydrogens (tertiary/aromatic N) is 5. The van der Waals surface area contributed by atoms with Crippen LogP contribution >= 0.6 is 0 Å². The topological polar surface area (TPSA) is 227 Å². The number of nitrogens with one attached hydrogen (secondary N) is 7. The van der Waals surface area contributed by atoms with Crippen molar-refractivity contribution in [3.8, 4) is 0 Å². The molecule has 0 aromatic carbocycles. The first-order valence-electron chi connectivity index (χ1n) is 17.4. The molecule has 0 aliphatic heterocycles. The van der Waals surface area contributed by atoms with Gasteiger partial charge in [0.1, 0.15) is 22.8 Å². The van der Waals surface area contributed by atoms with Gasteiger partial charge in [0.05, 0.1) is 22.7 Å². The summed E-state index contributed by atoms with van der Waals surface area (Å²) in [7, 11) is 10.5. The van der Waals surface area contributed by atoms with Crippen LogP contribution in [-0.4, -0.2) is 105 Å². The van der Waals surface area contributed by atoms with E-state index in [0.717, 1.165) is 13.0 Å². The molecule has 4 rings (SSSR count). The summed E-state index contributed by atoms with van der Waals surface area (Å²) in [5, 5.41) is 18.9. The van der Waals surface area contributed by atoms with E-state index >= 15 is 0 Å². The van der Waals surface area contributed by atoms with Crippen LogP contribution in [0.25, 0.3) is 0 Å². The highest BCUT2D eigenvalue weighted by atomic mass is 16.2. The molecule has 0 atom stereocenters. The molecule has 294 valence electrons. The van der Waals surface area contributed by atoms with Gasteiger partial charge in [-0.15, -0.1) is 0 Å². The first kappa shape index (κ1) is 41.1. The molecule has 0 saturated heterocycles. The SMILES string of the molecule is CN(C)CCCNC(=O)CCNC(=O)c1cc(NC(=O)c2cc(NC(=O)c3cc(NC(=O)c4cc(NC(=O)CCNC=O)cn4C)cn3C)cn2C)cn1C. The van der Waals surface area contributed by atoms with Crippen molar-refractivity contribution in [1.82, 2.24) is 39.1 Å². The van der Waals surface area contributed by atoms with Gasteiger partial charge in [-0.3, -0.25) is 33.6 Å². The van der Waals surface area contributed by atoms with Gasteiger partial charge in [0, 0.05) is 85.5 Å². The second kappa shape index (κ2) is 18.9. The van der Waals surface area contributed by atoms with Crippen LogP contribution in [0.15, 0.2) is 49.1 Å². The number of hydrogen-bond donors (Lipinski definition) is 7. The Hall–Kier alpha value is -6.63. The number of aryl methyl sites for hydroxylation is 4. The van der Waals surface area contributed by atoms with Crippen molar-refractivity contribution in [2.45, 2.75) is 19.3 Å². The summed E-state index contributed by atoms with van der Waals surface area (Å²) >= 11 is 0. The number of carbonyl (C=O) groups is 7. The van der Waals surface area contributed by atoms with E-state index in [2.05, 4.69) is 37.2 Å². The van der Waals surface area contributed by atoms with Crippen molar-refractivity contribution < 1.29 is 33.6 Å². The Morgan fingerprint density at radius 2 is 0.945 bits per heavy atom. The van der Waals surface area contributed by atoms with Gasteiger partial charge in [-0.2, -0.15) is 0 Å². The Kier molecular flexibility index (Phi) is 14.1. The lowest BCUT2D eigenvalue weighted by molar-refractivity contribution is -0.121. The minimum atomic E-state index is -0.492. The van der Waals surface area contributed by atoms with E-state index in [1.807, 2.05) is 19.0 Å². The monoisotopic (exact) mass is 760 g/mol. The predicted molar refractivity (Wildman–Crippen MR) is 206 cm³/mol. The summed E-state index contributed by atoms with van der Waals surface area (Å²) < 4.78 is 6.19. The third-order valence-electron chi connectivity index (χ3n) is 8.33. The lowest BCUT2D eigenvalue weighted by atomic mass is 10.3. The van der Waals surface area contributed by atoms with Gasteiger partial charge in [0.2, 0.25) is 18.2 Å². The third kappa shape index (κ3) is 11.7. The number of anilines is 4. The van der Waals surface area contributed by atoms with Gasteiger partial charge in [-0.1, -0.05) is 0 Å². The van der Waals surface area contributed by atoms with Crippen LogP contribution in [-0.2, 0) is 42.6 Å². The van der Waals surface area contributed by atoms with Gasteiger partial charge >= 0.3 is 0 Å². The van der Waals surface area contributed by atoms with Crippen LogP contribution in [0.3, 0.4) is 0 Å². The minimum absolute atomic E-state index is 0.0699. The molecule has 19 heteroatoms. The summed E-state index contributed by atoms with van der Waals surface area (Å²) in [4.78, 5) is 88.9. The number of carbonyl (C=O) groups excluding carboxylic acids is 7. The highest BCUT2D eigenvalue weighted by Crippen LogP contribution is 2.21. The number of rotatable bonds is 19. The molecule has 0 radical (unpaired) electrons. The summed E-state index contributed by atoms with van der Waals surface area (Å²) in [6, 6.07) is 6.04. The number of aromatic nitrogens is 4. The largest absolute Gasteiger partial charge is 0.358 e. The van der Waals surface area contributed by atoms with E-state index in [0.29, 0.717) is 35.7 Å².